The Morgan fingerprint density at radius 2 is 0.727 bits per heavy atom. The van der Waals surface area contributed by atoms with E-state index in [1.54, 1.807) is 20.0 Å². The van der Waals surface area contributed by atoms with Gasteiger partial charge in [0.25, 0.3) is 0 Å². The Bertz CT molecular complexity index is 3290. The summed E-state index contributed by atoms with van der Waals surface area (Å²) in [5.74, 6) is -11.1. The van der Waals surface area contributed by atoms with Crippen LogP contribution in [0.5, 0.6) is 0 Å². The van der Waals surface area contributed by atoms with Gasteiger partial charge in [-0.1, -0.05) is 123 Å². The fourth-order valence-corrected chi connectivity index (χ4v) is 13.7. The zero-order valence-electron chi connectivity index (χ0n) is 76.4. The highest BCUT2D eigenvalue weighted by Crippen LogP contribution is 2.25. The number of H-pyrrole nitrogens is 1. The normalized spacial score (nSPS) is 12.6. The van der Waals surface area contributed by atoms with Gasteiger partial charge in [0.15, 0.2) is 23.1 Å². The van der Waals surface area contributed by atoms with E-state index in [4.69, 9.17) is 53.8 Å². The smallest absolute Gasteiger partial charge is 0.306 e. The van der Waals surface area contributed by atoms with Gasteiger partial charge >= 0.3 is 29.8 Å². The number of Topliss-reactive ketones (excluding diaryl/α,β-unsaturated/α-hetero) is 7. The Kier molecular flexibility index (Phi) is 72.3. The predicted octanol–water partition coefficient (Wildman–Crippen LogP) is 8.50. The first-order valence-electron chi connectivity index (χ1n) is 46.4. The summed E-state index contributed by atoms with van der Waals surface area (Å²) in [6.07, 6.45) is 25.9. The van der Waals surface area contributed by atoms with Gasteiger partial charge in [-0.15, -0.1) is 0 Å². The van der Waals surface area contributed by atoms with Crippen LogP contribution in [0.2, 0.25) is 0 Å². The number of amides is 4. The summed E-state index contributed by atoms with van der Waals surface area (Å²) in [5.41, 5.74) is 5.66. The molecule has 5 atom stereocenters. The van der Waals surface area contributed by atoms with Gasteiger partial charge in [-0.05, 0) is 83.5 Å². The number of hydrogen-bond acceptors (Lipinski definition) is 27. The van der Waals surface area contributed by atoms with Gasteiger partial charge in [-0.2, -0.15) is 0 Å². The van der Waals surface area contributed by atoms with Crippen LogP contribution >= 0.6 is 0 Å². The van der Waals surface area contributed by atoms with Crippen molar-refractivity contribution in [3.63, 3.8) is 0 Å². The fraction of sp³-hybridized carbons (Fsp3) is 0.791. The van der Waals surface area contributed by atoms with Crippen molar-refractivity contribution in [3.05, 3.63) is 18.2 Å². The Hall–Kier alpha value is -8.27. The van der Waals surface area contributed by atoms with E-state index in [0.717, 1.165) is 103 Å². The summed E-state index contributed by atoms with van der Waals surface area (Å²) in [7, 11) is 0. The number of nitrogens with one attached hydrogen (secondary N) is 6. The standard InChI is InChI=1S/C91H154N8O29/c1-91(2,61-80(105)77(92)60-72-62-93-68-99-72)81(106)63-98-78(34-24-26-42-95-84(109)65-126-54-50-122-46-28-33-76(103)64-125-53-51-123-47-43-96-82(107)40-38-71(90(119)120)58-75(102)31-20-16-12-8-4-6-10-14-18-22-36-87(113)114)79(104)59-69(88(115)116)29-23-25-41-94-83(108)66-128-56-52-124-48-44-97-85(110)67-127-55-49-121-45-27-32-73(100)39-37-70(89(117)118)57-74(101)30-19-15-11-7-3-5-9-13-17-21-35-86(111)112/h62,68-71,77-78,98H,3-61,63-67,92H2,1-2H3,(H,93,99)(H,94,108)(H,95,109)(H,96,107)(H,97,110)(H,111,112)(H,113,114)(H,115,116)(H,117,118)(H,119,120)/t69-,70-,71-,77+,78+/m1/s1. The molecule has 0 bridgehead atoms. The maximum atomic E-state index is 14.0. The number of aliphatic carboxylic acids is 5. The molecular weight excluding hydrogens is 1670 g/mol. The first-order valence-corrected chi connectivity index (χ1v) is 46.4. The lowest BCUT2D eigenvalue weighted by atomic mass is 9.81. The minimum absolute atomic E-state index is 0.0356. The maximum absolute atomic E-state index is 14.0. The van der Waals surface area contributed by atoms with Crippen molar-refractivity contribution in [2.75, 3.05) is 138 Å². The van der Waals surface area contributed by atoms with Gasteiger partial charge in [0.2, 0.25) is 23.6 Å². The third kappa shape index (κ3) is 70.6. The Labute approximate surface area is 755 Å². The van der Waals surface area contributed by atoms with Gasteiger partial charge in [0, 0.05) is 140 Å². The highest BCUT2D eigenvalue weighted by Gasteiger charge is 2.34. The molecule has 13 N–H and O–H groups in total. The predicted molar refractivity (Wildman–Crippen MR) is 472 cm³/mol. The third-order valence-corrected chi connectivity index (χ3v) is 21.4. The van der Waals surface area contributed by atoms with Crippen LogP contribution in [0.4, 0.5) is 0 Å². The average molecular weight is 1820 g/mol. The molecule has 37 nitrogen and oxygen atoms in total. The molecule has 1 aromatic heterocycles. The number of carboxylic acid groups (broad SMARTS) is 5. The molecule has 1 heterocycles. The lowest BCUT2D eigenvalue weighted by Gasteiger charge is -2.26. The second-order valence-electron chi connectivity index (χ2n) is 33.3. The van der Waals surface area contributed by atoms with Crippen molar-refractivity contribution in [2.45, 2.75) is 302 Å². The van der Waals surface area contributed by atoms with E-state index in [9.17, 15) is 92.0 Å². The SMILES string of the molecule is CC(C)(CC(=O)[C@@H](N)Cc1cnc[nH]1)C(=O)CN[C@@H](CCCCNC(=O)COCCOCCCC(=O)COCCOCCNC(=O)CC[C@H](CC(=O)CCCCCCCCCCCCC(=O)O)C(=O)O)C(=O)C[C@@H](CCCCNC(=O)COCCOCCNC(=O)COCCOCCCC(=O)CC[C@H](CC(=O)CCCCCCCCCCCCC(=O)O)C(=O)O)C(=O)O. The van der Waals surface area contributed by atoms with Crippen LogP contribution in [0.1, 0.15) is 289 Å². The molecule has 1 aromatic rings. The Morgan fingerprint density at radius 1 is 0.359 bits per heavy atom. The lowest BCUT2D eigenvalue weighted by Crippen LogP contribution is -2.45. The van der Waals surface area contributed by atoms with Crippen molar-refractivity contribution < 1.29 is 140 Å². The monoisotopic (exact) mass is 1820 g/mol. The summed E-state index contributed by atoms with van der Waals surface area (Å²) in [5, 5.41) is 60.8. The molecule has 0 spiro atoms. The van der Waals surface area contributed by atoms with Crippen molar-refractivity contribution in [3.8, 4) is 0 Å². The van der Waals surface area contributed by atoms with E-state index in [1.165, 1.54) is 6.33 Å². The van der Waals surface area contributed by atoms with Crippen LogP contribution in [0.25, 0.3) is 0 Å². The molecule has 0 fully saturated rings. The molecule has 0 aliphatic rings. The number of carbonyl (C=O) groups is 16. The van der Waals surface area contributed by atoms with Crippen LogP contribution in [0.3, 0.4) is 0 Å². The largest absolute Gasteiger partial charge is 0.481 e. The minimum Gasteiger partial charge on any atom is -0.481 e. The number of imidazole rings is 1. The van der Waals surface area contributed by atoms with Crippen LogP contribution in [0, 0.1) is 23.2 Å². The molecule has 1 rings (SSSR count). The summed E-state index contributed by atoms with van der Waals surface area (Å²) in [4.78, 5) is 204. The first-order chi connectivity index (χ1) is 61.5. The van der Waals surface area contributed by atoms with E-state index in [1.807, 2.05) is 0 Å². The quantitative estimate of drug-likeness (QED) is 0.0272. The number of nitrogens with two attached hydrogens (primary N) is 1. The molecule has 732 valence electrons. The number of hydrogen-bond donors (Lipinski definition) is 12. The van der Waals surface area contributed by atoms with Crippen molar-refractivity contribution in [1.82, 2.24) is 36.6 Å². The molecule has 4 amide bonds. The second-order valence-corrected chi connectivity index (χ2v) is 33.3. The zero-order valence-corrected chi connectivity index (χ0v) is 76.4. The fourth-order valence-electron chi connectivity index (χ4n) is 13.7. The summed E-state index contributed by atoms with van der Waals surface area (Å²) in [6, 6.07) is -1.85. The van der Waals surface area contributed by atoms with Crippen molar-refractivity contribution >= 4 is 94.0 Å². The van der Waals surface area contributed by atoms with E-state index in [2.05, 4.69) is 36.6 Å². The molecule has 128 heavy (non-hydrogen) atoms. The Morgan fingerprint density at radius 3 is 1.16 bits per heavy atom. The van der Waals surface area contributed by atoms with Crippen molar-refractivity contribution in [2.24, 2.45) is 28.9 Å². The molecule has 0 saturated heterocycles. The van der Waals surface area contributed by atoms with Crippen LogP contribution in [-0.4, -0.2) is 280 Å². The molecule has 0 aromatic carbocycles. The van der Waals surface area contributed by atoms with Gasteiger partial charge in [-0.25, -0.2) is 4.98 Å². The minimum atomic E-state index is -1.20. The first kappa shape index (κ1) is 118. The topological polar surface area (TPSA) is 563 Å². The van der Waals surface area contributed by atoms with E-state index >= 15 is 0 Å². The van der Waals surface area contributed by atoms with Crippen molar-refractivity contribution in [1.29, 1.82) is 0 Å². The molecule has 0 aliphatic carbocycles. The number of ether oxygens (including phenoxy) is 8. The van der Waals surface area contributed by atoms with Crippen LogP contribution in [-0.2, 0) is 121 Å². The number of carboxylic acids is 5. The lowest BCUT2D eigenvalue weighted by molar-refractivity contribution is -0.144. The number of aromatic amines is 1. The molecule has 0 radical (unpaired) electrons. The number of nitrogens with zero attached hydrogens (tertiary/aromatic N) is 1. The van der Waals surface area contributed by atoms with Gasteiger partial charge in [0.05, 0.1) is 109 Å². The van der Waals surface area contributed by atoms with E-state index in [0.29, 0.717) is 82.7 Å². The maximum Gasteiger partial charge on any atom is 0.306 e. The molecule has 0 saturated carbocycles. The Balaban J connectivity index is 2.33. The van der Waals surface area contributed by atoms with Gasteiger partial charge in [-0.3, -0.25) is 76.7 Å². The zero-order chi connectivity index (χ0) is 94.5. The van der Waals surface area contributed by atoms with E-state index in [-0.39, 0.29) is 281 Å². The van der Waals surface area contributed by atoms with Gasteiger partial charge < -0.3 is 101 Å². The summed E-state index contributed by atoms with van der Waals surface area (Å²) in [6.45, 7) is 4.78. The van der Waals surface area contributed by atoms with E-state index < -0.39 is 82.7 Å². The summed E-state index contributed by atoms with van der Waals surface area (Å²) >= 11 is 0. The average Bonchev–Trinajstić information content (AvgIpc) is 1.01. The molecule has 0 aliphatic heterocycles. The number of rotatable bonds is 95. The van der Waals surface area contributed by atoms with Crippen LogP contribution in [0.15, 0.2) is 12.5 Å². The second kappa shape index (κ2) is 78.6. The highest BCUT2D eigenvalue weighted by atomic mass is 16.5. The number of aromatic nitrogens is 2. The van der Waals surface area contributed by atoms with Gasteiger partial charge in [0.1, 0.15) is 43.8 Å². The highest BCUT2D eigenvalue weighted by molar-refractivity contribution is 5.94. The molecular formula is C91H154N8O29. The molecule has 37 heteroatoms. The molecule has 0 unspecified atom stereocenters. The number of ketones is 7. The third-order valence-electron chi connectivity index (χ3n) is 21.4. The number of carbonyl (C=O) groups excluding carboxylic acids is 11. The van der Waals surface area contributed by atoms with Crippen LogP contribution < -0.4 is 32.3 Å². The summed E-state index contributed by atoms with van der Waals surface area (Å²) < 4.78 is 43.6. The number of unbranched alkanes of at least 4 members (excludes halogenated alkanes) is 20.